The molecule has 0 spiro atoms. The lowest BCUT2D eigenvalue weighted by molar-refractivity contribution is -0.117. The lowest BCUT2D eigenvalue weighted by Crippen LogP contribution is -2.53. The Kier molecular flexibility index (Phi) is 11.8. The number of fused-ring (bicyclic) bond motifs is 1. The summed E-state index contributed by atoms with van der Waals surface area (Å²) >= 11 is 1.59. The molecule has 4 heterocycles. The molecule has 0 saturated carbocycles. The summed E-state index contributed by atoms with van der Waals surface area (Å²) < 4.78 is 6.31. The molecule has 3 aliphatic rings. The second-order valence-corrected chi connectivity index (χ2v) is 13.2. The Balaban J connectivity index is 0.00000216. The first-order valence-electron chi connectivity index (χ1n) is 15.9. The number of nitriles is 1. The molecule has 2 fully saturated rings. The van der Waals surface area contributed by atoms with Gasteiger partial charge in [-0.1, -0.05) is 27.2 Å². The minimum atomic E-state index is -0.355. The van der Waals surface area contributed by atoms with Gasteiger partial charge in [0.05, 0.1) is 11.3 Å². The van der Waals surface area contributed by atoms with Gasteiger partial charge in [-0.2, -0.15) is 10.2 Å². The summed E-state index contributed by atoms with van der Waals surface area (Å²) in [6, 6.07) is 4.93. The van der Waals surface area contributed by atoms with Crippen LogP contribution >= 0.6 is 11.3 Å². The van der Waals surface area contributed by atoms with Crippen LogP contribution in [0.1, 0.15) is 87.0 Å². The number of Topliss-reactive ketones (excluding diaryl/α,β-unsaturated/α-hetero) is 1. The van der Waals surface area contributed by atoms with Gasteiger partial charge in [-0.3, -0.25) is 4.79 Å². The molecule has 2 aromatic heterocycles. The Morgan fingerprint density at radius 3 is 2.75 bits per heavy atom. The third-order valence-electron chi connectivity index (χ3n) is 9.07. The zero-order valence-corrected chi connectivity index (χ0v) is 27.5. The fraction of sp³-hybridized carbons (Fsp3) is 0.588. The van der Waals surface area contributed by atoms with Crippen molar-refractivity contribution in [2.45, 2.75) is 83.7 Å². The molecule has 44 heavy (non-hydrogen) atoms. The number of terminal acetylenes is 1. The van der Waals surface area contributed by atoms with E-state index >= 15 is 0 Å². The van der Waals surface area contributed by atoms with Crippen molar-refractivity contribution < 1.29 is 9.53 Å². The number of ketones is 1. The zero-order valence-electron chi connectivity index (χ0n) is 26.6. The molecule has 0 bridgehead atoms. The largest absolute Gasteiger partial charge is 0.476 e. The number of nitrogens with one attached hydrogen (secondary N) is 1. The number of hydrogen-bond donors (Lipinski definition) is 2. The third-order valence-corrected chi connectivity index (χ3v) is 10.1. The van der Waals surface area contributed by atoms with Crippen LogP contribution in [0.5, 0.6) is 5.88 Å². The molecule has 0 aromatic carbocycles. The van der Waals surface area contributed by atoms with Crippen molar-refractivity contribution in [3.8, 4) is 24.8 Å². The van der Waals surface area contributed by atoms with Crippen LogP contribution in [0.15, 0.2) is 17.0 Å². The number of likely N-dealkylation sites (N-methyl/N-ethyl adjacent to an activating group) is 1. The van der Waals surface area contributed by atoms with Crippen molar-refractivity contribution in [2.75, 3.05) is 44.7 Å². The van der Waals surface area contributed by atoms with E-state index in [-0.39, 0.29) is 11.7 Å². The van der Waals surface area contributed by atoms with Crippen LogP contribution in [0.25, 0.3) is 5.70 Å². The van der Waals surface area contributed by atoms with Crippen molar-refractivity contribution >= 4 is 28.6 Å². The Bertz CT molecular complexity index is 1390. The molecule has 5 rings (SSSR count). The number of nitrogens with two attached hydrogens (primary N) is 1. The number of hydrogen-bond acceptors (Lipinski definition) is 10. The Morgan fingerprint density at radius 2 is 2.07 bits per heavy atom. The molecule has 0 radical (unpaired) electrons. The molecular formula is C34H47N7O2S. The van der Waals surface area contributed by atoms with E-state index in [0.29, 0.717) is 59.6 Å². The first kappa shape index (κ1) is 33.5. The van der Waals surface area contributed by atoms with Crippen LogP contribution in [-0.4, -0.2) is 72.6 Å². The Morgan fingerprint density at radius 1 is 1.27 bits per heavy atom. The van der Waals surface area contributed by atoms with E-state index in [1.807, 2.05) is 11.4 Å². The van der Waals surface area contributed by atoms with Gasteiger partial charge in [0.2, 0.25) is 5.88 Å². The van der Waals surface area contributed by atoms with Crippen LogP contribution in [0, 0.1) is 30.1 Å². The summed E-state index contributed by atoms with van der Waals surface area (Å²) in [7, 11) is 2.13. The van der Waals surface area contributed by atoms with Gasteiger partial charge in [0.25, 0.3) is 0 Å². The van der Waals surface area contributed by atoms with Gasteiger partial charge >= 0.3 is 0 Å². The van der Waals surface area contributed by atoms with Crippen molar-refractivity contribution in [3.05, 3.63) is 38.8 Å². The van der Waals surface area contributed by atoms with E-state index in [1.54, 1.807) is 11.3 Å². The normalized spacial score (nSPS) is 22.4. The molecule has 1 unspecified atom stereocenters. The number of thiophene rings is 1. The van der Waals surface area contributed by atoms with Crippen LogP contribution in [0.4, 0.5) is 5.82 Å². The predicted octanol–water partition coefficient (Wildman–Crippen LogP) is 4.73. The maximum atomic E-state index is 14.2. The lowest BCUT2D eigenvalue weighted by atomic mass is 9.79. The molecule has 2 saturated heterocycles. The highest BCUT2D eigenvalue weighted by Gasteiger charge is 2.34. The molecule has 2 aromatic rings. The first-order valence-corrected chi connectivity index (χ1v) is 16.8. The van der Waals surface area contributed by atoms with Crippen LogP contribution < -0.4 is 20.7 Å². The molecule has 236 valence electrons. The lowest BCUT2D eigenvalue weighted by Gasteiger charge is -2.36. The molecule has 2 aliphatic heterocycles. The van der Waals surface area contributed by atoms with Gasteiger partial charge in [-0.15, -0.1) is 24.2 Å². The monoisotopic (exact) mass is 617 g/mol. The third kappa shape index (κ3) is 7.43. The average molecular weight is 618 g/mol. The average Bonchev–Trinajstić information content (AvgIpc) is 3.68. The van der Waals surface area contributed by atoms with Crippen molar-refractivity contribution in [1.29, 1.82) is 5.26 Å². The van der Waals surface area contributed by atoms with E-state index in [1.165, 1.54) is 6.42 Å². The smallest absolute Gasteiger partial charge is 0.219 e. The van der Waals surface area contributed by atoms with E-state index in [2.05, 4.69) is 61.9 Å². The van der Waals surface area contributed by atoms with Crippen LogP contribution in [-0.2, 0) is 11.2 Å². The van der Waals surface area contributed by atoms with Crippen LogP contribution in [0.2, 0.25) is 0 Å². The number of allylic oxidation sites excluding steroid dienone is 1. The topological polar surface area (TPSA) is 120 Å². The van der Waals surface area contributed by atoms with Crippen molar-refractivity contribution in [2.24, 2.45) is 11.7 Å². The van der Waals surface area contributed by atoms with E-state index < -0.39 is 0 Å². The zero-order chi connectivity index (χ0) is 31.8. The fourth-order valence-electron chi connectivity index (χ4n) is 6.50. The highest BCUT2D eigenvalue weighted by molar-refractivity contribution is 7.10. The molecule has 0 amide bonds. The maximum Gasteiger partial charge on any atom is 0.219 e. The highest BCUT2D eigenvalue weighted by atomic mass is 32.1. The van der Waals surface area contributed by atoms with Crippen LogP contribution in [0.3, 0.4) is 0 Å². The molecule has 9 nitrogen and oxygen atoms in total. The maximum absolute atomic E-state index is 14.2. The SMILES string of the molecule is C#C.CCC/C(C(=O)[C@H]1CCCc2scc(C#N)c21)=C(/N)c1nc(OC[C@@H]2CCCN2C)cc(N2CCNC(C(C)C)C2)n1. The number of aryl methyl sites for hydroxylation is 1. The Hall–Kier alpha value is -3.44. The number of aromatic nitrogens is 2. The van der Waals surface area contributed by atoms with E-state index in [4.69, 9.17) is 20.4 Å². The number of carbonyl (C=O) groups is 1. The summed E-state index contributed by atoms with van der Waals surface area (Å²) in [5.41, 5.74) is 9.26. The van der Waals surface area contributed by atoms with Gasteiger partial charge < -0.3 is 25.6 Å². The van der Waals surface area contributed by atoms with Gasteiger partial charge in [-0.05, 0) is 63.6 Å². The second-order valence-electron chi connectivity index (χ2n) is 12.3. The second kappa shape index (κ2) is 15.5. The van der Waals surface area contributed by atoms with Gasteiger partial charge in [-0.25, -0.2) is 4.98 Å². The Labute approximate surface area is 266 Å². The number of rotatable bonds is 10. The first-order chi connectivity index (χ1) is 21.3. The van der Waals surface area contributed by atoms with Gasteiger partial charge in [0.15, 0.2) is 11.6 Å². The molecular weight excluding hydrogens is 570 g/mol. The molecule has 1 aliphatic carbocycles. The molecule has 3 N–H and O–H groups in total. The standard InChI is InChI=1S/C32H45N7O2S.C2H2/c1-5-8-24(31(40)23-10-6-11-26-29(23)21(16-33)19-42-26)30(34)32-36-27(39-14-12-35-25(17-39)20(2)3)15-28(37-32)41-18-22-9-7-13-38(22)4;1-2/h15,19-20,22-23,25,35H,5-14,17-18,34H2,1-4H3;1-2H/b30-24-;/t22-,23-,25?;/m0./s1. The van der Waals surface area contributed by atoms with E-state index in [0.717, 1.165) is 74.5 Å². The number of nitrogens with zero attached hydrogens (tertiary/aromatic N) is 5. The fourth-order valence-corrected chi connectivity index (χ4v) is 7.58. The van der Waals surface area contributed by atoms with E-state index in [9.17, 15) is 10.1 Å². The minimum absolute atomic E-state index is 0.00343. The van der Waals surface area contributed by atoms with Crippen molar-refractivity contribution in [1.82, 2.24) is 20.2 Å². The number of carbonyl (C=O) groups excluding carboxylic acids is 1. The summed E-state index contributed by atoms with van der Waals surface area (Å²) in [4.78, 5) is 29.7. The van der Waals surface area contributed by atoms with Gasteiger partial charge in [0.1, 0.15) is 18.5 Å². The summed E-state index contributed by atoms with van der Waals surface area (Å²) in [6.07, 6.45) is 14.1. The molecule has 10 heteroatoms. The highest BCUT2D eigenvalue weighted by Crippen LogP contribution is 2.40. The summed E-state index contributed by atoms with van der Waals surface area (Å²) in [5, 5.41) is 15.3. The molecule has 3 atom stereocenters. The van der Waals surface area contributed by atoms with Crippen molar-refractivity contribution in [3.63, 3.8) is 0 Å². The quantitative estimate of drug-likeness (QED) is 0.288. The number of piperazine rings is 1. The minimum Gasteiger partial charge on any atom is -0.476 e. The predicted molar refractivity (Wildman–Crippen MR) is 178 cm³/mol. The summed E-state index contributed by atoms with van der Waals surface area (Å²) in [5.74, 6) is 1.74. The van der Waals surface area contributed by atoms with Gasteiger partial charge in [0, 0.05) is 59.5 Å². The summed E-state index contributed by atoms with van der Waals surface area (Å²) in [6.45, 7) is 10.6. The number of ether oxygens (including phenoxy) is 1. The number of likely N-dealkylation sites (tertiary alicyclic amines) is 1. The number of anilines is 1.